The van der Waals surface area contributed by atoms with Gasteiger partial charge in [-0.2, -0.15) is 10.5 Å². The highest BCUT2D eigenvalue weighted by atomic mass is 32.2. The lowest BCUT2D eigenvalue weighted by Gasteiger charge is -2.35. The Bertz CT molecular complexity index is 1030. The van der Waals surface area contributed by atoms with Crippen LogP contribution in [0.2, 0.25) is 0 Å². The molecule has 0 fully saturated rings. The third kappa shape index (κ3) is 4.84. The van der Waals surface area contributed by atoms with Gasteiger partial charge in [0.15, 0.2) is 0 Å². The molecule has 152 valence electrons. The molecule has 1 aliphatic rings. The normalized spacial score (nSPS) is 16.4. The number of nitriles is 2. The minimum atomic E-state index is -0.637. The summed E-state index contributed by atoms with van der Waals surface area (Å²) >= 11 is 1.66. The Labute approximate surface area is 181 Å². The molecule has 0 aromatic heterocycles. The molecular formula is C24H23N3O2S. The van der Waals surface area contributed by atoms with E-state index in [9.17, 15) is 15.3 Å². The Hall–Kier alpha value is -3.22. The Balaban J connectivity index is 2.10. The van der Waals surface area contributed by atoms with Gasteiger partial charge in [0.2, 0.25) is 0 Å². The van der Waals surface area contributed by atoms with E-state index in [1.165, 1.54) is 0 Å². The topological polar surface area (TPSA) is 85.9 Å². The molecule has 1 heterocycles. The Morgan fingerprint density at radius 1 is 1.10 bits per heavy atom. The van der Waals surface area contributed by atoms with Crippen molar-refractivity contribution in [1.29, 1.82) is 10.5 Å². The Kier molecular flexibility index (Phi) is 6.50. The average molecular weight is 418 g/mol. The molecule has 0 aliphatic carbocycles. The molecule has 1 N–H and O–H groups in total. The molecule has 0 saturated heterocycles. The van der Waals surface area contributed by atoms with E-state index < -0.39 is 17.7 Å². The molecule has 1 aliphatic heterocycles. The van der Waals surface area contributed by atoms with E-state index in [-0.39, 0.29) is 11.5 Å². The predicted octanol–water partition coefficient (Wildman–Crippen LogP) is 5.48. The number of ether oxygens (including phenoxy) is 1. The second kappa shape index (κ2) is 9.07. The van der Waals surface area contributed by atoms with Crippen LogP contribution in [0.15, 0.2) is 65.1 Å². The fourth-order valence-electron chi connectivity index (χ4n) is 3.52. The Morgan fingerprint density at radius 2 is 1.73 bits per heavy atom. The van der Waals surface area contributed by atoms with Crippen molar-refractivity contribution < 1.29 is 9.53 Å². The van der Waals surface area contributed by atoms with Crippen LogP contribution in [-0.2, 0) is 4.74 Å². The summed E-state index contributed by atoms with van der Waals surface area (Å²) in [7, 11) is 0. The SMILES string of the molecule is CC(C)(C)OC(=O)NC(c1ccccc1)C1CSc2ccccc2C1=C(C#N)C#N. The molecule has 0 radical (unpaired) electrons. The van der Waals surface area contributed by atoms with Crippen molar-refractivity contribution in [2.75, 3.05) is 5.75 Å². The van der Waals surface area contributed by atoms with Crippen molar-refractivity contribution in [3.8, 4) is 12.1 Å². The number of allylic oxidation sites excluding steroid dienone is 1. The third-order valence-corrected chi connectivity index (χ3v) is 5.89. The molecule has 2 aromatic rings. The number of carbonyl (C=O) groups excluding carboxylic acids is 1. The minimum absolute atomic E-state index is 0.0691. The summed E-state index contributed by atoms with van der Waals surface area (Å²) in [6, 6.07) is 21.0. The zero-order valence-corrected chi connectivity index (χ0v) is 18.0. The van der Waals surface area contributed by atoms with Crippen molar-refractivity contribution in [2.24, 2.45) is 5.92 Å². The second-order valence-corrected chi connectivity index (χ2v) is 9.02. The summed E-state index contributed by atoms with van der Waals surface area (Å²) < 4.78 is 5.50. The van der Waals surface area contributed by atoms with Crippen LogP contribution in [0.4, 0.5) is 4.79 Å². The van der Waals surface area contributed by atoms with E-state index in [1.807, 2.05) is 75.4 Å². The van der Waals surface area contributed by atoms with Crippen LogP contribution in [0.25, 0.3) is 5.57 Å². The maximum atomic E-state index is 12.7. The highest BCUT2D eigenvalue weighted by molar-refractivity contribution is 7.99. The number of hydrogen-bond donors (Lipinski definition) is 1. The molecule has 6 heteroatoms. The summed E-state index contributed by atoms with van der Waals surface area (Å²) in [4.78, 5) is 13.7. The lowest BCUT2D eigenvalue weighted by molar-refractivity contribution is 0.0495. The number of amides is 1. The quantitative estimate of drug-likeness (QED) is 0.669. The first kappa shape index (κ1) is 21.5. The number of nitrogens with one attached hydrogen (secondary N) is 1. The highest BCUT2D eigenvalue weighted by Gasteiger charge is 2.36. The predicted molar refractivity (Wildman–Crippen MR) is 117 cm³/mol. The molecule has 30 heavy (non-hydrogen) atoms. The van der Waals surface area contributed by atoms with Gasteiger partial charge in [0.05, 0.1) is 6.04 Å². The van der Waals surface area contributed by atoms with Gasteiger partial charge in [-0.1, -0.05) is 48.5 Å². The number of alkyl carbamates (subject to hydrolysis) is 1. The van der Waals surface area contributed by atoms with Gasteiger partial charge in [0, 0.05) is 16.6 Å². The van der Waals surface area contributed by atoms with Gasteiger partial charge in [-0.25, -0.2) is 4.79 Å². The number of fused-ring (bicyclic) bond motifs is 1. The summed E-state index contributed by atoms with van der Waals surface area (Å²) in [5.41, 5.74) is 1.85. The van der Waals surface area contributed by atoms with E-state index in [0.717, 1.165) is 16.0 Å². The minimum Gasteiger partial charge on any atom is -0.444 e. The molecule has 0 spiro atoms. The van der Waals surface area contributed by atoms with Crippen LogP contribution in [0.5, 0.6) is 0 Å². The van der Waals surface area contributed by atoms with Gasteiger partial charge in [0.25, 0.3) is 0 Å². The third-order valence-electron chi connectivity index (χ3n) is 4.69. The fourth-order valence-corrected chi connectivity index (χ4v) is 4.74. The van der Waals surface area contributed by atoms with E-state index in [0.29, 0.717) is 11.3 Å². The standard InChI is InChI=1S/C24H23N3O2S/c1-24(2,3)29-23(28)27-22(16-9-5-4-6-10-16)19-15-30-20-12-8-7-11-18(20)21(19)17(13-25)14-26/h4-12,19,22H,15H2,1-3H3,(H,27,28). The summed E-state index contributed by atoms with van der Waals surface area (Å²) in [5.74, 6) is 0.350. The first-order chi connectivity index (χ1) is 14.3. The molecular weight excluding hydrogens is 394 g/mol. The lowest BCUT2D eigenvalue weighted by atomic mass is 9.82. The van der Waals surface area contributed by atoms with Crippen LogP contribution in [-0.4, -0.2) is 17.4 Å². The second-order valence-electron chi connectivity index (χ2n) is 7.96. The number of benzene rings is 2. The van der Waals surface area contributed by atoms with Crippen LogP contribution in [0, 0.1) is 28.6 Å². The summed E-state index contributed by atoms with van der Waals surface area (Å²) in [6.07, 6.45) is -0.532. The van der Waals surface area contributed by atoms with Crippen molar-refractivity contribution in [3.05, 3.63) is 71.3 Å². The van der Waals surface area contributed by atoms with Crippen LogP contribution in [0.1, 0.15) is 37.9 Å². The number of carbonyl (C=O) groups is 1. The van der Waals surface area contributed by atoms with E-state index in [2.05, 4.69) is 17.5 Å². The van der Waals surface area contributed by atoms with E-state index in [4.69, 9.17) is 4.74 Å². The van der Waals surface area contributed by atoms with Gasteiger partial charge < -0.3 is 10.1 Å². The van der Waals surface area contributed by atoms with Crippen molar-refractivity contribution in [1.82, 2.24) is 5.32 Å². The van der Waals surface area contributed by atoms with Gasteiger partial charge in [-0.15, -0.1) is 11.8 Å². The average Bonchev–Trinajstić information content (AvgIpc) is 2.72. The monoisotopic (exact) mass is 417 g/mol. The van der Waals surface area contributed by atoms with Crippen molar-refractivity contribution >= 4 is 23.4 Å². The molecule has 2 atom stereocenters. The summed E-state index contributed by atoms with van der Waals surface area (Å²) in [5, 5.41) is 22.3. The molecule has 3 rings (SSSR count). The van der Waals surface area contributed by atoms with Crippen molar-refractivity contribution in [3.63, 3.8) is 0 Å². The summed E-state index contributed by atoms with van der Waals surface area (Å²) in [6.45, 7) is 5.43. The van der Waals surface area contributed by atoms with E-state index >= 15 is 0 Å². The first-order valence-electron chi connectivity index (χ1n) is 9.65. The molecule has 2 aromatic carbocycles. The zero-order valence-electron chi connectivity index (χ0n) is 17.2. The highest BCUT2D eigenvalue weighted by Crippen LogP contribution is 2.46. The smallest absolute Gasteiger partial charge is 0.408 e. The van der Waals surface area contributed by atoms with E-state index in [1.54, 1.807) is 11.8 Å². The van der Waals surface area contributed by atoms with Crippen LogP contribution >= 0.6 is 11.8 Å². The van der Waals surface area contributed by atoms with Crippen molar-refractivity contribution in [2.45, 2.75) is 37.3 Å². The molecule has 2 unspecified atom stereocenters. The molecule has 5 nitrogen and oxygen atoms in total. The number of nitrogens with zero attached hydrogens (tertiary/aromatic N) is 2. The molecule has 1 amide bonds. The van der Waals surface area contributed by atoms with Gasteiger partial charge in [-0.3, -0.25) is 0 Å². The number of hydrogen-bond acceptors (Lipinski definition) is 5. The first-order valence-corrected chi connectivity index (χ1v) is 10.6. The largest absolute Gasteiger partial charge is 0.444 e. The van der Waals surface area contributed by atoms with Gasteiger partial charge >= 0.3 is 6.09 Å². The van der Waals surface area contributed by atoms with Gasteiger partial charge in [-0.05, 0) is 43.5 Å². The van der Waals surface area contributed by atoms with Crippen LogP contribution in [0.3, 0.4) is 0 Å². The maximum absolute atomic E-state index is 12.7. The fraction of sp³-hybridized carbons (Fsp3) is 0.292. The maximum Gasteiger partial charge on any atom is 0.408 e. The van der Waals surface area contributed by atoms with Crippen LogP contribution < -0.4 is 5.32 Å². The molecule has 0 saturated carbocycles. The molecule has 0 bridgehead atoms. The number of thioether (sulfide) groups is 1. The lowest BCUT2D eigenvalue weighted by Crippen LogP contribution is -2.39. The Morgan fingerprint density at radius 3 is 2.37 bits per heavy atom. The zero-order chi connectivity index (χ0) is 21.7. The number of rotatable bonds is 3. The van der Waals surface area contributed by atoms with Gasteiger partial charge in [0.1, 0.15) is 23.3 Å².